The zero-order chi connectivity index (χ0) is 10.5. The summed E-state index contributed by atoms with van der Waals surface area (Å²) < 4.78 is 0. The van der Waals surface area contributed by atoms with Gasteiger partial charge in [0.15, 0.2) is 6.29 Å². The number of aldehydes is 1. The van der Waals surface area contributed by atoms with Crippen molar-refractivity contribution in [1.82, 2.24) is 0 Å². The van der Waals surface area contributed by atoms with Crippen molar-refractivity contribution in [3.63, 3.8) is 0 Å². The van der Waals surface area contributed by atoms with Crippen LogP contribution in [0.15, 0.2) is 24.3 Å². The van der Waals surface area contributed by atoms with E-state index in [1.807, 2.05) is 18.2 Å². The molecule has 1 aliphatic heterocycles. The molecule has 0 saturated carbocycles. The van der Waals surface area contributed by atoms with Gasteiger partial charge in [-0.15, -0.1) is 0 Å². The SMILES string of the molecule is O=CC#Cc1cccc(N2CCCC2)c1. The molecule has 0 N–H and O–H groups in total. The monoisotopic (exact) mass is 199 g/mol. The van der Waals surface area contributed by atoms with Crippen molar-refractivity contribution >= 4 is 12.0 Å². The van der Waals surface area contributed by atoms with Gasteiger partial charge in [0, 0.05) is 24.3 Å². The maximum atomic E-state index is 10.1. The summed E-state index contributed by atoms with van der Waals surface area (Å²) in [5, 5.41) is 0. The molecular weight excluding hydrogens is 186 g/mol. The number of benzene rings is 1. The van der Waals surface area contributed by atoms with Gasteiger partial charge < -0.3 is 4.90 Å². The van der Waals surface area contributed by atoms with Crippen molar-refractivity contribution in [2.75, 3.05) is 18.0 Å². The molecule has 0 spiro atoms. The average molecular weight is 199 g/mol. The fourth-order valence-corrected chi connectivity index (χ4v) is 1.87. The first kappa shape index (κ1) is 9.79. The molecule has 1 fully saturated rings. The minimum Gasteiger partial charge on any atom is -0.371 e. The van der Waals surface area contributed by atoms with Gasteiger partial charge >= 0.3 is 0 Å². The van der Waals surface area contributed by atoms with Crippen molar-refractivity contribution in [1.29, 1.82) is 0 Å². The Balaban J connectivity index is 2.21. The predicted octanol–water partition coefficient (Wildman–Crippen LogP) is 1.84. The molecule has 76 valence electrons. The summed E-state index contributed by atoms with van der Waals surface area (Å²) >= 11 is 0. The van der Waals surface area contributed by atoms with Crippen LogP contribution in [0.5, 0.6) is 0 Å². The Kier molecular flexibility index (Phi) is 3.04. The molecule has 15 heavy (non-hydrogen) atoms. The van der Waals surface area contributed by atoms with Crippen molar-refractivity contribution < 1.29 is 4.79 Å². The number of carbonyl (C=O) groups excluding carboxylic acids is 1. The first-order valence-electron chi connectivity index (χ1n) is 5.20. The third kappa shape index (κ3) is 2.38. The maximum absolute atomic E-state index is 10.1. The van der Waals surface area contributed by atoms with E-state index in [4.69, 9.17) is 0 Å². The van der Waals surface area contributed by atoms with Gasteiger partial charge in [-0.25, -0.2) is 0 Å². The second-order valence-corrected chi connectivity index (χ2v) is 3.63. The summed E-state index contributed by atoms with van der Waals surface area (Å²) in [4.78, 5) is 12.5. The number of anilines is 1. The average Bonchev–Trinajstić information content (AvgIpc) is 2.80. The molecule has 2 rings (SSSR count). The van der Waals surface area contributed by atoms with Crippen LogP contribution in [-0.4, -0.2) is 19.4 Å². The minimum atomic E-state index is 0.628. The normalized spacial score (nSPS) is 14.5. The van der Waals surface area contributed by atoms with E-state index in [0.29, 0.717) is 6.29 Å². The standard InChI is InChI=1S/C13H13NO/c15-10-4-6-12-5-3-7-13(11-12)14-8-1-2-9-14/h3,5,7,10-11H,1-2,8-9H2. The Bertz CT molecular complexity index is 408. The highest BCUT2D eigenvalue weighted by molar-refractivity contribution is 5.74. The van der Waals surface area contributed by atoms with E-state index in [1.165, 1.54) is 18.5 Å². The summed E-state index contributed by atoms with van der Waals surface area (Å²) in [6.45, 7) is 2.26. The maximum Gasteiger partial charge on any atom is 0.193 e. The van der Waals surface area contributed by atoms with Crippen LogP contribution < -0.4 is 4.90 Å². The summed E-state index contributed by atoms with van der Waals surface area (Å²) in [6.07, 6.45) is 3.16. The Hall–Kier alpha value is -1.75. The van der Waals surface area contributed by atoms with Crippen LogP contribution >= 0.6 is 0 Å². The highest BCUT2D eigenvalue weighted by Crippen LogP contribution is 2.20. The summed E-state index contributed by atoms with van der Waals surface area (Å²) in [6, 6.07) is 8.05. The van der Waals surface area contributed by atoms with E-state index < -0.39 is 0 Å². The van der Waals surface area contributed by atoms with Crippen molar-refractivity contribution in [2.45, 2.75) is 12.8 Å². The highest BCUT2D eigenvalue weighted by atomic mass is 16.1. The molecule has 0 bridgehead atoms. The molecule has 1 saturated heterocycles. The molecule has 1 aromatic carbocycles. The quantitative estimate of drug-likeness (QED) is 0.508. The van der Waals surface area contributed by atoms with Crippen molar-refractivity contribution in [3.05, 3.63) is 29.8 Å². The van der Waals surface area contributed by atoms with Gasteiger partial charge in [0.05, 0.1) is 0 Å². The first-order valence-corrected chi connectivity index (χ1v) is 5.20. The van der Waals surface area contributed by atoms with E-state index >= 15 is 0 Å². The summed E-state index contributed by atoms with van der Waals surface area (Å²) in [7, 11) is 0. The molecule has 0 radical (unpaired) electrons. The van der Waals surface area contributed by atoms with Gasteiger partial charge in [-0.05, 0) is 37.0 Å². The molecule has 2 heteroatoms. The zero-order valence-electron chi connectivity index (χ0n) is 8.57. The Morgan fingerprint density at radius 2 is 2.07 bits per heavy atom. The second-order valence-electron chi connectivity index (χ2n) is 3.63. The van der Waals surface area contributed by atoms with Crippen molar-refractivity contribution in [3.8, 4) is 11.8 Å². The van der Waals surface area contributed by atoms with E-state index in [0.717, 1.165) is 18.7 Å². The lowest BCUT2D eigenvalue weighted by atomic mass is 10.2. The fraction of sp³-hybridized carbons (Fsp3) is 0.308. The molecule has 0 amide bonds. The van der Waals surface area contributed by atoms with E-state index in [1.54, 1.807) is 0 Å². The van der Waals surface area contributed by atoms with Gasteiger partial charge in [-0.2, -0.15) is 0 Å². The van der Waals surface area contributed by atoms with Gasteiger partial charge in [0.25, 0.3) is 0 Å². The first-order chi connectivity index (χ1) is 7.40. The number of nitrogens with zero attached hydrogens (tertiary/aromatic N) is 1. The molecule has 1 heterocycles. The molecule has 0 aliphatic carbocycles. The number of rotatable bonds is 1. The lowest BCUT2D eigenvalue weighted by molar-refractivity contribution is -0.103. The van der Waals surface area contributed by atoms with E-state index in [2.05, 4.69) is 22.8 Å². The van der Waals surface area contributed by atoms with Crippen LogP contribution in [0, 0.1) is 11.8 Å². The van der Waals surface area contributed by atoms with Crippen LogP contribution in [0.3, 0.4) is 0 Å². The Morgan fingerprint density at radius 3 is 2.80 bits per heavy atom. The Labute approximate surface area is 89.9 Å². The largest absolute Gasteiger partial charge is 0.371 e. The number of hydrogen-bond acceptors (Lipinski definition) is 2. The fourth-order valence-electron chi connectivity index (χ4n) is 1.87. The minimum absolute atomic E-state index is 0.628. The van der Waals surface area contributed by atoms with E-state index in [-0.39, 0.29) is 0 Å². The third-order valence-electron chi connectivity index (χ3n) is 2.59. The lowest BCUT2D eigenvalue weighted by Crippen LogP contribution is -2.17. The van der Waals surface area contributed by atoms with Crippen LogP contribution in [0.1, 0.15) is 18.4 Å². The molecule has 1 aliphatic rings. The summed E-state index contributed by atoms with van der Waals surface area (Å²) in [5.74, 6) is 5.25. The van der Waals surface area contributed by atoms with Gasteiger partial charge in [0.1, 0.15) is 0 Å². The smallest absolute Gasteiger partial charge is 0.193 e. The topological polar surface area (TPSA) is 20.3 Å². The van der Waals surface area contributed by atoms with Gasteiger partial charge in [-0.3, -0.25) is 4.79 Å². The third-order valence-corrected chi connectivity index (χ3v) is 2.59. The molecule has 0 atom stereocenters. The lowest BCUT2D eigenvalue weighted by Gasteiger charge is -2.17. The molecular formula is C13H13NO. The van der Waals surface area contributed by atoms with Gasteiger partial charge in [-0.1, -0.05) is 12.0 Å². The number of carbonyl (C=O) groups is 1. The highest BCUT2D eigenvalue weighted by Gasteiger charge is 2.11. The van der Waals surface area contributed by atoms with E-state index in [9.17, 15) is 4.79 Å². The Morgan fingerprint density at radius 1 is 1.27 bits per heavy atom. The van der Waals surface area contributed by atoms with Crippen LogP contribution in [0.4, 0.5) is 5.69 Å². The molecule has 2 nitrogen and oxygen atoms in total. The van der Waals surface area contributed by atoms with Crippen molar-refractivity contribution in [2.24, 2.45) is 0 Å². The summed E-state index contributed by atoms with van der Waals surface area (Å²) in [5.41, 5.74) is 2.12. The van der Waals surface area contributed by atoms with Gasteiger partial charge in [0.2, 0.25) is 0 Å². The predicted molar refractivity (Wildman–Crippen MR) is 60.8 cm³/mol. The molecule has 0 aromatic heterocycles. The zero-order valence-corrected chi connectivity index (χ0v) is 8.57. The second kappa shape index (κ2) is 4.65. The number of hydrogen-bond donors (Lipinski definition) is 0. The molecule has 1 aromatic rings. The van der Waals surface area contributed by atoms with Crippen LogP contribution in [0.2, 0.25) is 0 Å². The van der Waals surface area contributed by atoms with Crippen LogP contribution in [-0.2, 0) is 4.79 Å². The molecule has 0 unspecified atom stereocenters. The van der Waals surface area contributed by atoms with Crippen LogP contribution in [0.25, 0.3) is 0 Å².